The zero-order chi connectivity index (χ0) is 20.8. The normalized spacial score (nSPS) is 15.0. The fourth-order valence-corrected chi connectivity index (χ4v) is 3.81. The van der Waals surface area contributed by atoms with Crippen molar-refractivity contribution in [3.05, 3.63) is 70.8 Å². The van der Waals surface area contributed by atoms with Gasteiger partial charge in [0.1, 0.15) is 11.6 Å². The van der Waals surface area contributed by atoms with Crippen molar-refractivity contribution in [2.45, 2.75) is 13.6 Å². The van der Waals surface area contributed by atoms with Crippen LogP contribution in [0.5, 0.6) is 5.75 Å². The van der Waals surface area contributed by atoms with Crippen molar-refractivity contribution in [3.8, 4) is 5.75 Å². The van der Waals surface area contributed by atoms with E-state index in [4.69, 9.17) is 17.0 Å². The van der Waals surface area contributed by atoms with Crippen LogP contribution >= 0.6 is 12.2 Å². The van der Waals surface area contributed by atoms with Gasteiger partial charge in [-0.25, -0.2) is 4.68 Å². The highest BCUT2D eigenvalue weighted by Gasteiger charge is 2.20. The molecule has 0 amide bonds. The van der Waals surface area contributed by atoms with E-state index < -0.39 is 0 Å². The van der Waals surface area contributed by atoms with Crippen molar-refractivity contribution in [1.29, 1.82) is 0 Å². The topological polar surface area (TPSA) is 49.3 Å². The Balaban J connectivity index is 1.36. The average molecular weight is 422 g/mol. The zero-order valence-electron chi connectivity index (χ0n) is 17.2. The predicted molar refractivity (Wildman–Crippen MR) is 124 cm³/mol. The molecule has 0 atom stereocenters. The number of nitrogens with zero attached hydrogens (tertiary/aromatic N) is 4. The minimum atomic E-state index is 0.576. The number of benzene rings is 2. The molecule has 2 aromatic carbocycles. The van der Waals surface area contributed by atoms with Crippen molar-refractivity contribution in [3.63, 3.8) is 0 Å². The Morgan fingerprint density at radius 3 is 2.50 bits per heavy atom. The second-order valence-corrected chi connectivity index (χ2v) is 7.58. The van der Waals surface area contributed by atoms with Gasteiger partial charge in [-0.05, 0) is 42.9 Å². The van der Waals surface area contributed by atoms with Gasteiger partial charge in [-0.2, -0.15) is 4.98 Å². The summed E-state index contributed by atoms with van der Waals surface area (Å²) in [6.07, 6.45) is 4.00. The van der Waals surface area contributed by atoms with Crippen LogP contribution in [0, 0.1) is 4.77 Å². The first-order valence-electron chi connectivity index (χ1n) is 10.3. The molecule has 7 heteroatoms. The minimum absolute atomic E-state index is 0.576. The van der Waals surface area contributed by atoms with Crippen LogP contribution in [0.25, 0.3) is 12.2 Å². The number of ether oxygens (including phenoxy) is 1. The average Bonchev–Trinajstić information content (AvgIpc) is 3.13. The Hall–Kier alpha value is -2.90. The van der Waals surface area contributed by atoms with Gasteiger partial charge in [0.05, 0.1) is 19.0 Å². The molecule has 1 N–H and O–H groups in total. The molecule has 30 heavy (non-hydrogen) atoms. The largest absolute Gasteiger partial charge is 0.492 e. The SMILES string of the molecule is CCOc1ccccc1N1CCN(Cn2[nH]c(/C=C/c3ccccc3)nc2=S)CC1. The summed E-state index contributed by atoms with van der Waals surface area (Å²) in [6, 6.07) is 18.4. The van der Waals surface area contributed by atoms with E-state index in [1.54, 1.807) is 0 Å². The lowest BCUT2D eigenvalue weighted by molar-refractivity contribution is 0.194. The van der Waals surface area contributed by atoms with Gasteiger partial charge >= 0.3 is 0 Å². The molecule has 2 heterocycles. The van der Waals surface area contributed by atoms with Gasteiger partial charge in [0.25, 0.3) is 0 Å². The summed E-state index contributed by atoms with van der Waals surface area (Å²) in [5.41, 5.74) is 2.31. The molecule has 1 saturated heterocycles. The summed E-state index contributed by atoms with van der Waals surface area (Å²) >= 11 is 5.45. The Kier molecular flexibility index (Phi) is 6.61. The molecule has 6 nitrogen and oxygen atoms in total. The maximum Gasteiger partial charge on any atom is 0.217 e. The summed E-state index contributed by atoms with van der Waals surface area (Å²) in [7, 11) is 0. The number of hydrogen-bond acceptors (Lipinski definition) is 5. The van der Waals surface area contributed by atoms with Gasteiger partial charge in [-0.3, -0.25) is 10.00 Å². The molecule has 0 bridgehead atoms. The standard InChI is InChI=1S/C23H27N5OS/c1-2-29-21-11-7-6-10-20(21)27-16-14-26(15-17-27)18-28-23(30)24-22(25-28)13-12-19-8-4-3-5-9-19/h3-13H,2,14-18H2,1H3,(H,24,25,30)/b13-12+. The number of piperazine rings is 1. The van der Waals surface area contributed by atoms with E-state index >= 15 is 0 Å². The molecular weight excluding hydrogens is 394 g/mol. The molecule has 4 rings (SSSR count). The molecule has 1 aromatic heterocycles. The van der Waals surface area contributed by atoms with Crippen LogP contribution in [0.4, 0.5) is 5.69 Å². The monoisotopic (exact) mass is 421 g/mol. The maximum absolute atomic E-state index is 5.79. The Morgan fingerprint density at radius 2 is 1.73 bits per heavy atom. The molecule has 156 valence electrons. The molecule has 0 radical (unpaired) electrons. The second-order valence-electron chi connectivity index (χ2n) is 7.21. The van der Waals surface area contributed by atoms with E-state index in [2.05, 4.69) is 44.1 Å². The summed E-state index contributed by atoms with van der Waals surface area (Å²) in [5.74, 6) is 1.73. The highest BCUT2D eigenvalue weighted by Crippen LogP contribution is 2.28. The fraction of sp³-hybridized carbons (Fsp3) is 0.304. The fourth-order valence-electron chi connectivity index (χ4n) is 3.61. The third-order valence-corrected chi connectivity index (χ3v) is 5.46. The number of hydrogen-bond donors (Lipinski definition) is 1. The molecule has 3 aromatic rings. The number of H-pyrrole nitrogens is 1. The molecule has 1 fully saturated rings. The molecular formula is C23H27N5OS. The quantitative estimate of drug-likeness (QED) is 0.577. The van der Waals surface area contributed by atoms with Crippen LogP contribution in [0.2, 0.25) is 0 Å². The van der Waals surface area contributed by atoms with Crippen molar-refractivity contribution in [2.24, 2.45) is 0 Å². The van der Waals surface area contributed by atoms with E-state index in [1.165, 1.54) is 5.69 Å². The predicted octanol–water partition coefficient (Wildman–Crippen LogP) is 4.29. The molecule has 0 unspecified atom stereocenters. The van der Waals surface area contributed by atoms with E-state index in [9.17, 15) is 0 Å². The number of aromatic amines is 1. The van der Waals surface area contributed by atoms with E-state index in [-0.39, 0.29) is 0 Å². The number of anilines is 1. The van der Waals surface area contributed by atoms with Crippen LogP contribution in [-0.2, 0) is 6.67 Å². The van der Waals surface area contributed by atoms with Crippen LogP contribution in [0.15, 0.2) is 54.6 Å². The van der Waals surface area contributed by atoms with Gasteiger partial charge in [0, 0.05) is 26.2 Å². The van der Waals surface area contributed by atoms with Gasteiger partial charge in [0.15, 0.2) is 0 Å². The lowest BCUT2D eigenvalue weighted by Gasteiger charge is -2.36. The lowest BCUT2D eigenvalue weighted by Crippen LogP contribution is -2.47. The summed E-state index contributed by atoms with van der Waals surface area (Å²) in [6.45, 7) is 7.22. The lowest BCUT2D eigenvalue weighted by atomic mass is 10.2. The van der Waals surface area contributed by atoms with E-state index in [0.29, 0.717) is 18.0 Å². The van der Waals surface area contributed by atoms with Gasteiger partial charge in [0.2, 0.25) is 4.77 Å². The molecule has 0 spiro atoms. The Morgan fingerprint density at radius 1 is 1.00 bits per heavy atom. The smallest absolute Gasteiger partial charge is 0.217 e. The third kappa shape index (κ3) is 4.98. The first-order valence-corrected chi connectivity index (χ1v) is 10.7. The van der Waals surface area contributed by atoms with Crippen LogP contribution in [0.1, 0.15) is 18.3 Å². The molecule has 0 aliphatic carbocycles. The highest BCUT2D eigenvalue weighted by molar-refractivity contribution is 7.71. The summed E-state index contributed by atoms with van der Waals surface area (Å²) < 4.78 is 8.30. The number of rotatable bonds is 7. The van der Waals surface area contributed by atoms with Gasteiger partial charge in [-0.1, -0.05) is 48.5 Å². The third-order valence-electron chi connectivity index (χ3n) is 5.15. The van der Waals surface area contributed by atoms with Crippen molar-refractivity contribution in [1.82, 2.24) is 19.7 Å². The van der Waals surface area contributed by atoms with Crippen LogP contribution in [0.3, 0.4) is 0 Å². The number of aromatic nitrogens is 3. The molecule has 0 saturated carbocycles. The first-order chi connectivity index (χ1) is 14.7. The maximum atomic E-state index is 5.79. The first kappa shape index (κ1) is 20.4. The molecule has 1 aliphatic heterocycles. The number of para-hydroxylation sites is 2. The zero-order valence-corrected chi connectivity index (χ0v) is 18.0. The minimum Gasteiger partial charge on any atom is -0.492 e. The molecule has 1 aliphatic rings. The Labute approximate surface area is 182 Å². The number of nitrogens with one attached hydrogen (secondary N) is 1. The summed E-state index contributed by atoms with van der Waals surface area (Å²) in [5, 5.41) is 3.31. The van der Waals surface area contributed by atoms with Crippen molar-refractivity contribution in [2.75, 3.05) is 37.7 Å². The second kappa shape index (κ2) is 9.73. The Bertz CT molecular complexity index is 1040. The van der Waals surface area contributed by atoms with Crippen molar-refractivity contribution >= 4 is 30.1 Å². The highest BCUT2D eigenvalue weighted by atomic mass is 32.1. The van der Waals surface area contributed by atoms with Crippen LogP contribution < -0.4 is 9.64 Å². The van der Waals surface area contributed by atoms with E-state index in [1.807, 2.05) is 54.1 Å². The van der Waals surface area contributed by atoms with Gasteiger partial charge in [-0.15, -0.1) is 0 Å². The van der Waals surface area contributed by atoms with E-state index in [0.717, 1.165) is 43.3 Å². The van der Waals surface area contributed by atoms with Crippen molar-refractivity contribution < 1.29 is 4.74 Å². The summed E-state index contributed by atoms with van der Waals surface area (Å²) in [4.78, 5) is 9.25. The van der Waals surface area contributed by atoms with Gasteiger partial charge < -0.3 is 9.64 Å². The van der Waals surface area contributed by atoms with Crippen LogP contribution in [-0.4, -0.2) is 52.5 Å².